The molecule has 0 amide bonds. The molecule has 8 nitrogen and oxygen atoms in total. The second kappa shape index (κ2) is 6.24. The molecule has 0 aliphatic carbocycles. The Morgan fingerprint density at radius 1 is 1.16 bits per heavy atom. The van der Waals surface area contributed by atoms with Crippen LogP contribution in [0.3, 0.4) is 0 Å². The topological polar surface area (TPSA) is 136 Å². The van der Waals surface area contributed by atoms with Crippen LogP contribution in [-0.4, -0.2) is 25.7 Å². The molecule has 1 aromatic carbocycles. The Kier molecular flexibility index (Phi) is 5.62. The summed E-state index contributed by atoms with van der Waals surface area (Å²) < 4.78 is 26.9. The van der Waals surface area contributed by atoms with Gasteiger partial charge in [0.2, 0.25) is 0 Å². The van der Waals surface area contributed by atoms with Gasteiger partial charge in [-0.1, -0.05) is 0 Å². The molecule has 0 saturated heterocycles. The summed E-state index contributed by atoms with van der Waals surface area (Å²) >= 11 is 6.07. The molecule has 0 spiro atoms. The van der Waals surface area contributed by atoms with E-state index in [2.05, 4.69) is 42.0 Å². The summed E-state index contributed by atoms with van der Waals surface area (Å²) in [5.41, 5.74) is 2.28. The van der Waals surface area contributed by atoms with E-state index in [0.29, 0.717) is 0 Å². The van der Waals surface area contributed by atoms with E-state index >= 15 is 0 Å². The number of rotatable bonds is 5. The quantitative estimate of drug-likeness (QED) is 0.268. The average molecular weight is 441 g/mol. The van der Waals surface area contributed by atoms with Crippen molar-refractivity contribution in [1.82, 2.24) is 0 Å². The van der Waals surface area contributed by atoms with Crippen LogP contribution >= 0.6 is 47.1 Å². The van der Waals surface area contributed by atoms with Gasteiger partial charge in [0.25, 0.3) is 0 Å². The lowest BCUT2D eigenvalue weighted by molar-refractivity contribution is 0.310. The van der Waals surface area contributed by atoms with Crippen molar-refractivity contribution in [2.45, 2.75) is 0 Å². The largest absolute Gasteiger partial charge is 0.506 e. The Hall–Kier alpha value is 0.0800. The van der Waals surface area contributed by atoms with Gasteiger partial charge >= 0.3 is 15.2 Å². The van der Waals surface area contributed by atoms with Crippen molar-refractivity contribution in [3.63, 3.8) is 0 Å². The third kappa shape index (κ3) is 5.93. The molecule has 0 radical (unpaired) electrons. The number of benzene rings is 1. The van der Waals surface area contributed by atoms with Gasteiger partial charge in [-0.05, 0) is 44.0 Å². The van der Waals surface area contributed by atoms with E-state index in [-0.39, 0.29) is 20.4 Å². The molecule has 1 unspecified atom stereocenters. The SMILES string of the molecule is O=P(O)(O)CP(=O)(O)ONc1cc(Br)c(O)c(Br)c1. The first-order valence-corrected chi connectivity index (χ1v) is 9.64. The van der Waals surface area contributed by atoms with Crippen LogP contribution in [-0.2, 0) is 13.8 Å². The van der Waals surface area contributed by atoms with Gasteiger partial charge in [-0.15, -0.1) is 0 Å². The zero-order valence-corrected chi connectivity index (χ0v) is 14.0. The van der Waals surface area contributed by atoms with Crippen LogP contribution in [0.2, 0.25) is 0 Å². The Bertz CT molecular complexity index is 552. The van der Waals surface area contributed by atoms with Gasteiger partial charge in [0, 0.05) is 0 Å². The number of phenolic OH excluding ortho intramolecular Hbond substituents is 1. The second-order valence-electron chi connectivity index (χ2n) is 3.43. The third-order valence-corrected chi connectivity index (χ3v) is 6.18. The molecule has 108 valence electrons. The predicted octanol–water partition coefficient (Wildman–Crippen LogP) is 2.58. The van der Waals surface area contributed by atoms with Crippen LogP contribution in [0.5, 0.6) is 5.75 Å². The van der Waals surface area contributed by atoms with Gasteiger partial charge in [-0.3, -0.25) is 14.6 Å². The average Bonchev–Trinajstić information content (AvgIpc) is 2.19. The van der Waals surface area contributed by atoms with Crippen molar-refractivity contribution in [1.29, 1.82) is 0 Å². The first kappa shape index (κ1) is 17.1. The molecule has 1 aromatic rings. The summed E-state index contributed by atoms with van der Waals surface area (Å²) in [7, 11) is -9.16. The van der Waals surface area contributed by atoms with E-state index < -0.39 is 21.1 Å². The Balaban J connectivity index is 2.77. The molecule has 1 rings (SSSR count). The number of anilines is 1. The number of hydrogen-bond acceptors (Lipinski definition) is 5. The lowest BCUT2D eigenvalue weighted by Gasteiger charge is -2.14. The first-order chi connectivity index (χ1) is 8.50. The Morgan fingerprint density at radius 3 is 2.05 bits per heavy atom. The van der Waals surface area contributed by atoms with Crippen LogP contribution in [0.1, 0.15) is 0 Å². The maximum Gasteiger partial charge on any atom is 0.361 e. The van der Waals surface area contributed by atoms with Crippen LogP contribution < -0.4 is 5.48 Å². The van der Waals surface area contributed by atoms with Crippen molar-refractivity contribution in [2.75, 3.05) is 11.4 Å². The zero-order chi connectivity index (χ0) is 14.8. The number of hydrogen-bond donors (Lipinski definition) is 5. The van der Waals surface area contributed by atoms with Gasteiger partial charge in [0.05, 0.1) is 14.6 Å². The van der Waals surface area contributed by atoms with Crippen LogP contribution in [0.25, 0.3) is 0 Å². The maximum atomic E-state index is 11.3. The number of phenols is 1. The van der Waals surface area contributed by atoms with Crippen LogP contribution in [0, 0.1) is 0 Å². The zero-order valence-electron chi connectivity index (χ0n) is 9.03. The summed E-state index contributed by atoms with van der Waals surface area (Å²) in [6.45, 7) is 0. The molecule has 0 fully saturated rings. The molecule has 0 aliphatic rings. The predicted molar refractivity (Wildman–Crippen MR) is 75.0 cm³/mol. The highest BCUT2D eigenvalue weighted by atomic mass is 79.9. The fourth-order valence-electron chi connectivity index (χ4n) is 1.01. The van der Waals surface area contributed by atoms with Gasteiger partial charge in [0.15, 0.2) is 5.90 Å². The van der Waals surface area contributed by atoms with Gasteiger partial charge in [-0.2, -0.15) is 4.62 Å². The van der Waals surface area contributed by atoms with E-state index in [1.807, 2.05) is 0 Å². The molecular weight excluding hydrogens is 432 g/mol. The van der Waals surface area contributed by atoms with Crippen molar-refractivity contribution >= 4 is 52.7 Å². The number of aromatic hydroxyl groups is 1. The normalized spacial score (nSPS) is 15.0. The smallest absolute Gasteiger partial charge is 0.361 e. The highest BCUT2D eigenvalue weighted by Crippen LogP contribution is 2.55. The molecule has 0 saturated carbocycles. The van der Waals surface area contributed by atoms with Gasteiger partial charge < -0.3 is 19.8 Å². The van der Waals surface area contributed by atoms with Crippen molar-refractivity contribution in [2.24, 2.45) is 0 Å². The highest BCUT2D eigenvalue weighted by Gasteiger charge is 2.31. The monoisotopic (exact) mass is 439 g/mol. The fraction of sp³-hybridized carbons (Fsp3) is 0.143. The molecule has 19 heavy (non-hydrogen) atoms. The maximum absolute atomic E-state index is 11.3. The molecule has 12 heteroatoms. The van der Waals surface area contributed by atoms with E-state index in [9.17, 15) is 19.1 Å². The molecule has 0 heterocycles. The van der Waals surface area contributed by atoms with Crippen molar-refractivity contribution in [3.05, 3.63) is 21.1 Å². The third-order valence-electron chi connectivity index (χ3n) is 1.69. The molecule has 1 atom stereocenters. The second-order valence-corrected chi connectivity index (χ2v) is 9.05. The van der Waals surface area contributed by atoms with E-state index in [4.69, 9.17) is 9.79 Å². The molecule has 0 aromatic heterocycles. The lowest BCUT2D eigenvalue weighted by atomic mass is 10.3. The Morgan fingerprint density at radius 2 is 1.63 bits per heavy atom. The van der Waals surface area contributed by atoms with Crippen molar-refractivity contribution in [3.8, 4) is 5.75 Å². The summed E-state index contributed by atoms with van der Waals surface area (Å²) in [4.78, 5) is 26.4. The fourth-order valence-corrected chi connectivity index (χ4v) is 4.54. The minimum atomic E-state index is -4.67. The van der Waals surface area contributed by atoms with Gasteiger partial charge in [-0.25, -0.2) is 0 Å². The summed E-state index contributed by atoms with van der Waals surface area (Å²) in [5, 5.41) is 9.44. The lowest BCUT2D eigenvalue weighted by Crippen LogP contribution is -2.02. The van der Waals surface area contributed by atoms with Crippen LogP contribution in [0.4, 0.5) is 5.69 Å². The summed E-state index contributed by atoms with van der Waals surface area (Å²) in [6.07, 6.45) is 0. The Labute approximate surface area is 124 Å². The van der Waals surface area contributed by atoms with E-state index in [0.717, 1.165) is 0 Å². The number of nitrogens with one attached hydrogen (secondary N) is 1. The summed E-state index contributed by atoms with van der Waals surface area (Å²) in [6, 6.07) is 2.69. The molecule has 5 N–H and O–H groups in total. The first-order valence-electron chi connectivity index (χ1n) is 4.49. The van der Waals surface area contributed by atoms with Crippen molar-refractivity contribution < 1.29 is 33.5 Å². The highest BCUT2D eigenvalue weighted by molar-refractivity contribution is 9.11. The minimum absolute atomic E-state index is 0.0760. The standard InChI is InChI=1S/C7H9Br2NO7P2/c8-5-1-4(2-6(9)7(5)11)10-17-19(15,16)3-18(12,13)14/h1-2,10-11H,3H2,(H,15,16)(H2,12,13,14). The molecule has 0 bridgehead atoms. The van der Waals surface area contributed by atoms with Crippen LogP contribution in [0.15, 0.2) is 21.1 Å². The van der Waals surface area contributed by atoms with Gasteiger partial charge in [0.1, 0.15) is 5.75 Å². The minimum Gasteiger partial charge on any atom is -0.506 e. The van der Waals surface area contributed by atoms with E-state index in [1.54, 1.807) is 0 Å². The van der Waals surface area contributed by atoms with E-state index in [1.165, 1.54) is 12.1 Å². The number of halogens is 2. The molecule has 0 aliphatic heterocycles. The summed E-state index contributed by atoms with van der Waals surface area (Å²) in [5.74, 6) is -1.37. The molecular formula is C7H9Br2NO7P2.